The molecule has 4 rings (SSSR count). The van der Waals surface area contributed by atoms with Crippen LogP contribution in [0.15, 0.2) is 24.3 Å². The van der Waals surface area contributed by atoms with Gasteiger partial charge < -0.3 is 10.2 Å². The van der Waals surface area contributed by atoms with Crippen molar-refractivity contribution in [3.05, 3.63) is 35.6 Å². The van der Waals surface area contributed by atoms with Crippen molar-refractivity contribution in [3.63, 3.8) is 0 Å². The first kappa shape index (κ1) is 17.0. The molecule has 1 aromatic carbocycles. The first-order valence-electron chi connectivity index (χ1n) is 9.63. The zero-order valence-corrected chi connectivity index (χ0v) is 14.8. The Bertz CT molecular complexity index is 612. The van der Waals surface area contributed by atoms with Crippen molar-refractivity contribution in [2.24, 2.45) is 11.3 Å². The lowest BCUT2D eigenvalue weighted by Gasteiger charge is -2.26. The van der Waals surface area contributed by atoms with Crippen molar-refractivity contribution in [2.45, 2.75) is 32.2 Å². The van der Waals surface area contributed by atoms with Gasteiger partial charge in [-0.3, -0.25) is 9.69 Å². The van der Waals surface area contributed by atoms with E-state index in [1.165, 1.54) is 12.1 Å². The molecule has 2 saturated heterocycles. The first-order valence-corrected chi connectivity index (χ1v) is 9.63. The number of hydrogen-bond acceptors (Lipinski definition) is 3. The van der Waals surface area contributed by atoms with Gasteiger partial charge in [-0.15, -0.1) is 0 Å². The molecule has 1 saturated carbocycles. The van der Waals surface area contributed by atoms with Crippen LogP contribution in [0.1, 0.15) is 31.2 Å². The quantitative estimate of drug-likeness (QED) is 0.913. The fourth-order valence-electron chi connectivity index (χ4n) is 4.59. The number of carbonyl (C=O) groups excluding carboxylic acids is 1. The Kier molecular flexibility index (Phi) is 4.78. The largest absolute Gasteiger partial charge is 0.341 e. The second-order valence-electron chi connectivity index (χ2n) is 7.95. The summed E-state index contributed by atoms with van der Waals surface area (Å²) in [5.74, 6) is 0.483. The highest BCUT2D eigenvalue weighted by atomic mass is 19.1. The molecule has 3 fully saturated rings. The molecule has 0 bridgehead atoms. The number of carbonyl (C=O) groups is 1. The molecule has 1 aromatic rings. The maximum atomic E-state index is 13.0. The predicted octanol–water partition coefficient (Wildman–Crippen LogP) is 2.25. The van der Waals surface area contributed by atoms with Crippen molar-refractivity contribution in [2.75, 3.05) is 39.3 Å². The molecule has 4 nitrogen and oxygen atoms in total. The molecule has 25 heavy (non-hydrogen) atoms. The molecule has 0 aromatic heterocycles. The van der Waals surface area contributed by atoms with Gasteiger partial charge in [0.1, 0.15) is 5.82 Å². The number of halogens is 1. The van der Waals surface area contributed by atoms with Crippen LogP contribution in [0.25, 0.3) is 0 Å². The van der Waals surface area contributed by atoms with Gasteiger partial charge in [-0.05, 0) is 61.9 Å². The predicted molar refractivity (Wildman–Crippen MR) is 95.5 cm³/mol. The molecular weight excluding hydrogens is 317 g/mol. The monoisotopic (exact) mass is 345 g/mol. The van der Waals surface area contributed by atoms with Crippen LogP contribution in [0.5, 0.6) is 0 Å². The van der Waals surface area contributed by atoms with E-state index in [2.05, 4.69) is 15.1 Å². The highest BCUT2D eigenvalue weighted by Gasteiger charge is 2.58. The zero-order valence-electron chi connectivity index (χ0n) is 14.8. The Hall–Kier alpha value is -1.46. The van der Waals surface area contributed by atoms with Crippen LogP contribution in [0, 0.1) is 17.2 Å². The molecule has 1 unspecified atom stereocenters. The van der Waals surface area contributed by atoms with Crippen LogP contribution in [0.2, 0.25) is 0 Å². The lowest BCUT2D eigenvalue weighted by Crippen LogP contribution is -2.38. The number of hydrogen-bond donors (Lipinski definition) is 1. The normalized spacial score (nSPS) is 26.4. The molecule has 1 atom stereocenters. The molecule has 0 radical (unpaired) electrons. The summed E-state index contributed by atoms with van der Waals surface area (Å²) < 4.78 is 13.0. The van der Waals surface area contributed by atoms with E-state index in [4.69, 9.17) is 0 Å². The Morgan fingerprint density at radius 3 is 2.64 bits per heavy atom. The molecule has 2 heterocycles. The molecule has 1 amide bonds. The molecule has 2 aliphatic heterocycles. The Balaban J connectivity index is 1.31. The topological polar surface area (TPSA) is 35.6 Å². The highest BCUT2D eigenvalue weighted by Crippen LogP contribution is 2.59. The average Bonchev–Trinajstić information content (AvgIpc) is 3.36. The SMILES string of the molecule is O=C(C1CC12CCNCC2)N1CCCN(Cc2ccc(F)cc2)CC1. The van der Waals surface area contributed by atoms with E-state index in [-0.39, 0.29) is 11.7 Å². The minimum atomic E-state index is -0.187. The number of amides is 1. The van der Waals surface area contributed by atoms with E-state index in [1.54, 1.807) is 0 Å². The van der Waals surface area contributed by atoms with Crippen molar-refractivity contribution >= 4 is 5.91 Å². The van der Waals surface area contributed by atoms with E-state index in [0.717, 1.165) is 77.1 Å². The van der Waals surface area contributed by atoms with Crippen molar-refractivity contribution in [3.8, 4) is 0 Å². The van der Waals surface area contributed by atoms with E-state index in [1.807, 2.05) is 12.1 Å². The molecule has 3 aliphatic rings. The van der Waals surface area contributed by atoms with Gasteiger partial charge in [0.2, 0.25) is 5.91 Å². The zero-order chi connectivity index (χ0) is 17.3. The van der Waals surface area contributed by atoms with Gasteiger partial charge in [-0.2, -0.15) is 0 Å². The lowest BCUT2D eigenvalue weighted by molar-refractivity contribution is -0.133. The van der Waals surface area contributed by atoms with Gasteiger partial charge in [-0.25, -0.2) is 4.39 Å². The smallest absolute Gasteiger partial charge is 0.226 e. The second kappa shape index (κ2) is 7.04. The summed E-state index contributed by atoms with van der Waals surface area (Å²) in [7, 11) is 0. The van der Waals surface area contributed by atoms with Gasteiger partial charge in [0.05, 0.1) is 0 Å². The van der Waals surface area contributed by atoms with Gasteiger partial charge in [-0.1, -0.05) is 12.1 Å². The van der Waals surface area contributed by atoms with E-state index >= 15 is 0 Å². The summed E-state index contributed by atoms with van der Waals surface area (Å²) in [4.78, 5) is 17.4. The maximum Gasteiger partial charge on any atom is 0.226 e. The van der Waals surface area contributed by atoms with Crippen LogP contribution in [-0.2, 0) is 11.3 Å². The maximum absolute atomic E-state index is 13.0. The van der Waals surface area contributed by atoms with Gasteiger partial charge >= 0.3 is 0 Å². The molecule has 1 aliphatic carbocycles. The van der Waals surface area contributed by atoms with Crippen molar-refractivity contribution < 1.29 is 9.18 Å². The Labute approximate surface area is 149 Å². The van der Waals surface area contributed by atoms with Gasteiger partial charge in [0.15, 0.2) is 0 Å². The first-order chi connectivity index (χ1) is 12.2. The van der Waals surface area contributed by atoms with Gasteiger partial charge in [0, 0.05) is 38.6 Å². The summed E-state index contributed by atoms with van der Waals surface area (Å²) in [6, 6.07) is 6.76. The van der Waals surface area contributed by atoms with E-state index < -0.39 is 0 Å². The lowest BCUT2D eigenvalue weighted by atomic mass is 9.91. The third-order valence-corrected chi connectivity index (χ3v) is 6.31. The van der Waals surface area contributed by atoms with Crippen LogP contribution in [0.3, 0.4) is 0 Å². The summed E-state index contributed by atoms with van der Waals surface area (Å²) >= 11 is 0. The van der Waals surface area contributed by atoms with E-state index in [0.29, 0.717) is 11.3 Å². The van der Waals surface area contributed by atoms with Crippen LogP contribution in [0.4, 0.5) is 4.39 Å². The third kappa shape index (κ3) is 3.72. The number of nitrogens with zero attached hydrogens (tertiary/aromatic N) is 2. The second-order valence-corrected chi connectivity index (χ2v) is 7.95. The highest BCUT2D eigenvalue weighted by molar-refractivity contribution is 5.82. The summed E-state index contributed by atoms with van der Waals surface area (Å²) in [5, 5.41) is 3.41. The molecule has 5 heteroatoms. The number of rotatable bonds is 3. The fourth-order valence-corrected chi connectivity index (χ4v) is 4.59. The van der Waals surface area contributed by atoms with E-state index in [9.17, 15) is 9.18 Å². The molecule has 1 N–H and O–H groups in total. The number of benzene rings is 1. The summed E-state index contributed by atoms with van der Waals surface area (Å²) in [6.07, 6.45) is 4.44. The fraction of sp³-hybridized carbons (Fsp3) is 0.650. The van der Waals surface area contributed by atoms with Crippen molar-refractivity contribution in [1.82, 2.24) is 15.1 Å². The molecule has 136 valence electrons. The van der Waals surface area contributed by atoms with Crippen molar-refractivity contribution in [1.29, 1.82) is 0 Å². The van der Waals surface area contributed by atoms with Gasteiger partial charge in [0.25, 0.3) is 0 Å². The third-order valence-electron chi connectivity index (χ3n) is 6.31. The standard InChI is InChI=1S/C20H28FN3O/c21-17-4-2-16(3-5-17)15-23-10-1-11-24(13-12-23)19(25)18-14-20(18)6-8-22-9-7-20/h2-5,18,22H,1,6-15H2. The minimum Gasteiger partial charge on any atom is -0.341 e. The Morgan fingerprint density at radius 1 is 1.12 bits per heavy atom. The van der Waals surface area contributed by atoms with Crippen LogP contribution >= 0.6 is 0 Å². The summed E-state index contributed by atoms with van der Waals surface area (Å²) in [5.41, 5.74) is 1.46. The number of piperidine rings is 1. The van der Waals surface area contributed by atoms with Crippen LogP contribution in [-0.4, -0.2) is 55.0 Å². The number of nitrogens with one attached hydrogen (secondary N) is 1. The average molecular weight is 345 g/mol. The summed E-state index contributed by atoms with van der Waals surface area (Å²) in [6.45, 7) is 6.57. The minimum absolute atomic E-state index is 0.187. The van der Waals surface area contributed by atoms with Crippen LogP contribution < -0.4 is 5.32 Å². The molecular formula is C20H28FN3O. The molecule has 1 spiro atoms. The Morgan fingerprint density at radius 2 is 1.88 bits per heavy atom.